The number of amides is 2. The lowest BCUT2D eigenvalue weighted by Gasteiger charge is -2.30. The van der Waals surface area contributed by atoms with Crippen LogP contribution in [0.5, 0.6) is 5.75 Å². The van der Waals surface area contributed by atoms with E-state index in [4.69, 9.17) is 16.3 Å². The largest absolute Gasteiger partial charge is 0.489 e. The molecule has 12 heteroatoms. The minimum absolute atomic E-state index is 0.179. The second kappa shape index (κ2) is 10.1. The molecule has 0 spiro atoms. The number of rotatable bonds is 5. The average molecular weight is 603 g/mol. The lowest BCUT2D eigenvalue weighted by molar-refractivity contribution is -0.137. The SMILES string of the molecule is O=C1C2Sc3[nH]c(=O)sc3[C@H](c3ccccc3OCc3ccc(Cl)cc3)C2C(=O)N1c1ccccc1C(F)(F)F. The molecule has 0 saturated carbocycles. The second-order valence-corrected chi connectivity index (χ2v) is 11.8. The first-order valence-electron chi connectivity index (χ1n) is 12.0. The third-order valence-electron chi connectivity index (χ3n) is 6.84. The highest BCUT2D eigenvalue weighted by Gasteiger charge is 2.57. The summed E-state index contributed by atoms with van der Waals surface area (Å²) in [6.07, 6.45) is -4.77. The Morgan fingerprint density at radius 1 is 0.925 bits per heavy atom. The summed E-state index contributed by atoms with van der Waals surface area (Å²) in [4.78, 5) is 43.5. The fraction of sp³-hybridized carbons (Fsp3) is 0.179. The molecule has 204 valence electrons. The number of alkyl halides is 3. The third kappa shape index (κ3) is 4.61. The van der Waals surface area contributed by atoms with E-state index in [0.717, 1.165) is 40.8 Å². The molecule has 4 aromatic rings. The number of aromatic amines is 1. The number of anilines is 1. The van der Waals surface area contributed by atoms with Gasteiger partial charge in [-0.05, 0) is 35.9 Å². The van der Waals surface area contributed by atoms with Crippen LogP contribution >= 0.6 is 34.7 Å². The van der Waals surface area contributed by atoms with Crippen molar-refractivity contribution in [3.05, 3.63) is 109 Å². The van der Waals surface area contributed by atoms with Crippen molar-refractivity contribution in [1.29, 1.82) is 0 Å². The van der Waals surface area contributed by atoms with Gasteiger partial charge in [-0.1, -0.05) is 77.2 Å². The minimum atomic E-state index is -4.77. The van der Waals surface area contributed by atoms with E-state index in [2.05, 4.69) is 4.98 Å². The van der Waals surface area contributed by atoms with Crippen LogP contribution in [0, 0.1) is 5.92 Å². The Morgan fingerprint density at radius 3 is 2.38 bits per heavy atom. The second-order valence-electron chi connectivity index (χ2n) is 9.23. The first-order valence-corrected chi connectivity index (χ1v) is 14.1. The van der Waals surface area contributed by atoms with Crippen LogP contribution in [0.1, 0.15) is 27.5 Å². The molecule has 0 bridgehead atoms. The van der Waals surface area contributed by atoms with Crippen molar-refractivity contribution >= 4 is 52.2 Å². The van der Waals surface area contributed by atoms with Gasteiger partial charge in [-0.2, -0.15) is 13.2 Å². The molecule has 6 rings (SSSR count). The Hall–Kier alpha value is -3.54. The number of imide groups is 1. The van der Waals surface area contributed by atoms with Gasteiger partial charge in [0.25, 0.3) is 0 Å². The molecule has 1 aromatic heterocycles. The van der Waals surface area contributed by atoms with Crippen molar-refractivity contribution in [3.63, 3.8) is 0 Å². The summed E-state index contributed by atoms with van der Waals surface area (Å²) in [5.74, 6) is -2.96. The number of carbonyl (C=O) groups is 2. The predicted octanol–water partition coefficient (Wildman–Crippen LogP) is 6.48. The summed E-state index contributed by atoms with van der Waals surface area (Å²) in [6.45, 7) is 0.179. The smallest absolute Gasteiger partial charge is 0.418 e. The number of carbonyl (C=O) groups excluding carboxylic acids is 2. The van der Waals surface area contributed by atoms with Crippen molar-refractivity contribution in [1.82, 2.24) is 4.98 Å². The summed E-state index contributed by atoms with van der Waals surface area (Å²) in [6, 6.07) is 18.6. The molecule has 6 nitrogen and oxygen atoms in total. The van der Waals surface area contributed by atoms with Crippen LogP contribution in [0.25, 0.3) is 0 Å². The van der Waals surface area contributed by atoms with Crippen LogP contribution in [0.2, 0.25) is 5.02 Å². The molecule has 2 aliphatic rings. The molecule has 3 atom stereocenters. The maximum absolute atomic E-state index is 13.9. The van der Waals surface area contributed by atoms with E-state index >= 15 is 0 Å². The zero-order valence-corrected chi connectivity index (χ0v) is 22.7. The topological polar surface area (TPSA) is 79.5 Å². The molecule has 1 fully saturated rings. The van der Waals surface area contributed by atoms with Gasteiger partial charge in [-0.25, -0.2) is 4.90 Å². The highest BCUT2D eigenvalue weighted by molar-refractivity contribution is 8.00. The number of ether oxygens (including phenoxy) is 1. The van der Waals surface area contributed by atoms with Gasteiger partial charge in [0.2, 0.25) is 11.8 Å². The van der Waals surface area contributed by atoms with Crippen LogP contribution in [0.3, 0.4) is 0 Å². The number of benzene rings is 3. The summed E-state index contributed by atoms with van der Waals surface area (Å²) in [5, 5.41) is -0.0485. The summed E-state index contributed by atoms with van der Waals surface area (Å²) in [7, 11) is 0. The van der Waals surface area contributed by atoms with Gasteiger partial charge in [0.05, 0.1) is 22.2 Å². The molecule has 0 radical (unpaired) electrons. The van der Waals surface area contributed by atoms with Crippen molar-refractivity contribution < 1.29 is 27.5 Å². The van der Waals surface area contributed by atoms with Gasteiger partial charge < -0.3 is 9.72 Å². The van der Waals surface area contributed by atoms with Crippen LogP contribution in [-0.2, 0) is 22.4 Å². The zero-order valence-electron chi connectivity index (χ0n) is 20.3. The van der Waals surface area contributed by atoms with Gasteiger partial charge in [-0.15, -0.1) is 0 Å². The van der Waals surface area contributed by atoms with E-state index in [1.165, 1.54) is 12.1 Å². The average Bonchev–Trinajstić information content (AvgIpc) is 3.42. The lowest BCUT2D eigenvalue weighted by Crippen LogP contribution is -2.33. The van der Waals surface area contributed by atoms with Crippen molar-refractivity contribution in [2.24, 2.45) is 5.92 Å². The Morgan fingerprint density at radius 2 is 1.62 bits per heavy atom. The highest BCUT2D eigenvalue weighted by atomic mass is 35.5. The number of fused-ring (bicyclic) bond motifs is 2. The molecular weight excluding hydrogens is 585 g/mol. The van der Waals surface area contributed by atoms with E-state index in [1.807, 2.05) is 12.1 Å². The van der Waals surface area contributed by atoms with Crippen LogP contribution in [0.15, 0.2) is 82.6 Å². The van der Waals surface area contributed by atoms with E-state index in [1.54, 1.807) is 36.4 Å². The number of thiazole rings is 1. The van der Waals surface area contributed by atoms with E-state index < -0.39 is 46.3 Å². The van der Waals surface area contributed by atoms with E-state index in [-0.39, 0.29) is 11.5 Å². The van der Waals surface area contributed by atoms with Gasteiger partial charge in [0.15, 0.2) is 0 Å². The molecule has 2 aliphatic heterocycles. The summed E-state index contributed by atoms with van der Waals surface area (Å²) < 4.78 is 47.7. The van der Waals surface area contributed by atoms with Crippen LogP contribution in [-0.4, -0.2) is 22.0 Å². The summed E-state index contributed by atoms with van der Waals surface area (Å²) >= 11 is 7.88. The number of para-hydroxylation sites is 2. The minimum Gasteiger partial charge on any atom is -0.489 e. The van der Waals surface area contributed by atoms with Crippen LogP contribution in [0.4, 0.5) is 18.9 Å². The molecular formula is C28H18ClF3N2O4S2. The number of hydrogen-bond donors (Lipinski definition) is 1. The van der Waals surface area contributed by atoms with Crippen LogP contribution < -0.4 is 14.5 Å². The number of nitrogens with zero attached hydrogens (tertiary/aromatic N) is 1. The first-order chi connectivity index (χ1) is 19.1. The number of H-pyrrole nitrogens is 1. The fourth-order valence-corrected chi connectivity index (χ4v) is 7.74. The Kier molecular flexibility index (Phi) is 6.76. The van der Waals surface area contributed by atoms with E-state index in [9.17, 15) is 27.6 Å². The number of halogens is 4. The lowest BCUT2D eigenvalue weighted by atomic mass is 9.82. The quantitative estimate of drug-likeness (QED) is 0.264. The predicted molar refractivity (Wildman–Crippen MR) is 146 cm³/mol. The Balaban J connectivity index is 1.44. The molecule has 3 heterocycles. The fourth-order valence-electron chi connectivity index (χ4n) is 5.11. The van der Waals surface area contributed by atoms with Crippen molar-refractivity contribution in [2.45, 2.75) is 29.0 Å². The van der Waals surface area contributed by atoms with Gasteiger partial charge in [-0.3, -0.25) is 14.4 Å². The maximum atomic E-state index is 13.9. The monoisotopic (exact) mass is 602 g/mol. The first kappa shape index (κ1) is 26.7. The molecule has 2 amide bonds. The van der Waals surface area contributed by atoms with Gasteiger partial charge in [0.1, 0.15) is 17.6 Å². The van der Waals surface area contributed by atoms with Crippen molar-refractivity contribution in [2.75, 3.05) is 4.90 Å². The standard InChI is InChI=1S/C28H18ClF3N2O4S2/c29-15-11-9-14(10-12-15)13-38-19-8-4-1-5-16(19)20-21-23(39-24-22(20)40-27(37)33-24)26(36)34(25(21)35)18-7-3-2-6-17(18)28(30,31)32/h1-12,20-21,23H,13H2,(H,33,37)/t20-,21?,23?/m1/s1. The molecule has 40 heavy (non-hydrogen) atoms. The molecule has 2 unspecified atom stereocenters. The van der Waals surface area contributed by atoms with Gasteiger partial charge in [0, 0.05) is 21.4 Å². The van der Waals surface area contributed by atoms with Crippen molar-refractivity contribution in [3.8, 4) is 5.75 Å². The Bertz CT molecular complexity index is 1690. The molecule has 1 N–H and O–H groups in total. The number of thioether (sulfide) groups is 1. The maximum Gasteiger partial charge on any atom is 0.418 e. The molecule has 3 aromatic carbocycles. The Labute approximate surface area is 238 Å². The molecule has 1 saturated heterocycles. The number of nitrogens with one attached hydrogen (secondary N) is 1. The highest BCUT2D eigenvalue weighted by Crippen LogP contribution is 2.55. The molecule has 0 aliphatic carbocycles. The summed E-state index contributed by atoms with van der Waals surface area (Å²) in [5.41, 5.74) is -0.199. The zero-order chi connectivity index (χ0) is 28.2. The van der Waals surface area contributed by atoms with Gasteiger partial charge >= 0.3 is 11.0 Å². The normalized spacial score (nSPS) is 20.4. The third-order valence-corrected chi connectivity index (χ3v) is 9.49. The van der Waals surface area contributed by atoms with E-state index in [0.29, 0.717) is 31.1 Å². The number of aromatic nitrogens is 1. The number of hydrogen-bond acceptors (Lipinski definition) is 6.